The van der Waals surface area contributed by atoms with E-state index in [0.29, 0.717) is 16.5 Å². The Morgan fingerprint density at radius 1 is 1.03 bits per heavy atom. The van der Waals surface area contributed by atoms with Crippen LogP contribution in [0.25, 0.3) is 5.69 Å². The van der Waals surface area contributed by atoms with Crippen molar-refractivity contribution in [3.05, 3.63) is 106 Å². The first kappa shape index (κ1) is 27.9. The van der Waals surface area contributed by atoms with Gasteiger partial charge >= 0.3 is 0 Å². The third kappa shape index (κ3) is 6.16. The molecule has 0 unspecified atom stereocenters. The largest absolute Gasteiger partial charge is 0.497 e. The maximum Gasteiger partial charge on any atom is 0.264 e. The minimum Gasteiger partial charge on any atom is -0.497 e. The van der Waals surface area contributed by atoms with Crippen molar-refractivity contribution in [3.8, 4) is 11.4 Å². The summed E-state index contributed by atoms with van der Waals surface area (Å²) in [6.07, 6.45) is 1.53. The monoisotopic (exact) mass is 564 g/mol. The third-order valence-corrected chi connectivity index (χ3v) is 8.32. The summed E-state index contributed by atoms with van der Waals surface area (Å²) >= 11 is 6.39. The summed E-state index contributed by atoms with van der Waals surface area (Å²) in [4.78, 5) is 13.0. The predicted octanol–water partition coefficient (Wildman–Crippen LogP) is 5.41. The molecule has 0 radical (unpaired) electrons. The zero-order valence-corrected chi connectivity index (χ0v) is 23.6. The normalized spacial score (nSPS) is 11.5. The minimum absolute atomic E-state index is 0.0761. The SMILES string of the molecule is COc1ccc(N(CC(=O)N/N=C\c2cc(C)n(-c3ccccc3Cl)c2C)S(=O)(=O)c2ccc(C)cc2)cc1. The zero-order valence-electron chi connectivity index (χ0n) is 22.1. The van der Waals surface area contributed by atoms with Gasteiger partial charge in [0.15, 0.2) is 0 Å². The first-order valence-electron chi connectivity index (χ1n) is 12.1. The van der Waals surface area contributed by atoms with Crippen LogP contribution in [0.1, 0.15) is 22.5 Å². The van der Waals surface area contributed by atoms with Crippen LogP contribution in [0.5, 0.6) is 5.75 Å². The topological polar surface area (TPSA) is 93.0 Å². The highest BCUT2D eigenvalue weighted by Gasteiger charge is 2.27. The molecule has 0 aliphatic carbocycles. The highest BCUT2D eigenvalue weighted by Crippen LogP contribution is 2.27. The summed E-state index contributed by atoms with van der Waals surface area (Å²) in [5, 5.41) is 4.72. The number of anilines is 1. The van der Waals surface area contributed by atoms with Gasteiger partial charge in [-0.25, -0.2) is 13.8 Å². The van der Waals surface area contributed by atoms with Crippen molar-refractivity contribution < 1.29 is 17.9 Å². The highest BCUT2D eigenvalue weighted by molar-refractivity contribution is 7.92. The number of hydrazone groups is 1. The number of carbonyl (C=O) groups excluding carboxylic acids is 1. The molecule has 39 heavy (non-hydrogen) atoms. The second-order valence-electron chi connectivity index (χ2n) is 8.93. The Labute approximate surface area is 233 Å². The Kier molecular flexibility index (Phi) is 8.42. The van der Waals surface area contributed by atoms with Crippen molar-refractivity contribution in [1.82, 2.24) is 9.99 Å². The quantitative estimate of drug-likeness (QED) is 0.217. The molecule has 0 saturated carbocycles. The Bertz CT molecular complexity index is 1610. The van der Waals surface area contributed by atoms with Crippen LogP contribution in [0.3, 0.4) is 0 Å². The molecule has 0 bridgehead atoms. The van der Waals surface area contributed by atoms with Crippen LogP contribution in [0.2, 0.25) is 5.02 Å². The summed E-state index contributed by atoms with van der Waals surface area (Å²) in [6, 6.07) is 22.4. The summed E-state index contributed by atoms with van der Waals surface area (Å²) < 4.78 is 35.3. The van der Waals surface area contributed by atoms with Crippen LogP contribution in [0.4, 0.5) is 5.69 Å². The maximum atomic E-state index is 13.5. The van der Waals surface area contributed by atoms with Crippen LogP contribution in [0.15, 0.2) is 88.9 Å². The van der Waals surface area contributed by atoms with E-state index >= 15 is 0 Å². The van der Waals surface area contributed by atoms with E-state index in [4.69, 9.17) is 16.3 Å². The van der Waals surface area contributed by atoms with Crippen LogP contribution in [-0.4, -0.2) is 38.8 Å². The number of para-hydroxylation sites is 1. The summed E-state index contributed by atoms with van der Waals surface area (Å²) in [5.74, 6) is -0.0347. The standard InChI is InChI=1S/C29H29ClN4O4S/c1-20-9-15-26(16-10-20)39(36,37)33(24-11-13-25(38-4)14-12-24)19-29(35)32-31-18-23-17-21(2)34(22(23)3)28-8-6-5-7-27(28)30/h5-18H,19H2,1-4H3,(H,32,35)/b31-18-. The van der Waals surface area contributed by atoms with E-state index in [-0.39, 0.29) is 4.90 Å². The van der Waals surface area contributed by atoms with E-state index in [0.717, 1.165) is 32.5 Å². The molecule has 1 aromatic heterocycles. The second kappa shape index (κ2) is 11.8. The number of hydrogen-bond acceptors (Lipinski definition) is 5. The fourth-order valence-electron chi connectivity index (χ4n) is 4.16. The number of benzene rings is 3. The van der Waals surface area contributed by atoms with E-state index in [1.807, 2.05) is 55.7 Å². The number of aryl methyl sites for hydroxylation is 2. The number of amides is 1. The summed E-state index contributed by atoms with van der Waals surface area (Å²) in [6.45, 7) is 5.28. The van der Waals surface area contributed by atoms with Crippen LogP contribution >= 0.6 is 11.6 Å². The fraction of sp³-hybridized carbons (Fsp3) is 0.172. The Hall–Kier alpha value is -4.08. The number of nitrogens with zero attached hydrogens (tertiary/aromatic N) is 3. The van der Waals surface area contributed by atoms with Crippen molar-refractivity contribution in [2.75, 3.05) is 18.0 Å². The average molecular weight is 565 g/mol. The maximum absolute atomic E-state index is 13.5. The number of rotatable bonds is 9. The molecule has 0 aliphatic rings. The fourth-order valence-corrected chi connectivity index (χ4v) is 5.80. The first-order chi connectivity index (χ1) is 18.6. The Balaban J connectivity index is 1.56. The minimum atomic E-state index is -4.04. The van der Waals surface area contributed by atoms with Crippen molar-refractivity contribution in [1.29, 1.82) is 0 Å². The van der Waals surface area contributed by atoms with Crippen molar-refractivity contribution >= 4 is 39.4 Å². The number of nitrogens with one attached hydrogen (secondary N) is 1. The lowest BCUT2D eigenvalue weighted by Crippen LogP contribution is -2.39. The lowest BCUT2D eigenvalue weighted by Gasteiger charge is -2.24. The van der Waals surface area contributed by atoms with E-state index in [9.17, 15) is 13.2 Å². The Morgan fingerprint density at radius 2 is 1.69 bits per heavy atom. The van der Waals surface area contributed by atoms with Crippen LogP contribution < -0.4 is 14.5 Å². The number of sulfonamides is 1. The molecule has 10 heteroatoms. The van der Waals surface area contributed by atoms with Gasteiger partial charge in [-0.2, -0.15) is 5.10 Å². The molecule has 4 aromatic rings. The summed E-state index contributed by atoms with van der Waals surface area (Å²) in [5.41, 5.74) is 7.16. The van der Waals surface area contributed by atoms with Gasteiger partial charge in [-0.3, -0.25) is 9.10 Å². The van der Waals surface area contributed by atoms with Gasteiger partial charge in [0.1, 0.15) is 12.3 Å². The van der Waals surface area contributed by atoms with E-state index in [2.05, 4.69) is 10.5 Å². The van der Waals surface area contributed by atoms with Crippen LogP contribution in [-0.2, 0) is 14.8 Å². The second-order valence-corrected chi connectivity index (χ2v) is 11.2. The molecule has 8 nitrogen and oxygen atoms in total. The molecular weight excluding hydrogens is 536 g/mol. The van der Waals surface area contributed by atoms with Crippen molar-refractivity contribution in [2.45, 2.75) is 25.7 Å². The van der Waals surface area contributed by atoms with Crippen LogP contribution in [0, 0.1) is 20.8 Å². The number of halogens is 1. The Morgan fingerprint density at radius 3 is 2.33 bits per heavy atom. The molecule has 0 aliphatic heterocycles. The van der Waals surface area contributed by atoms with Crippen molar-refractivity contribution in [3.63, 3.8) is 0 Å². The molecule has 0 atom stereocenters. The van der Waals surface area contributed by atoms with Gasteiger partial charge in [0, 0.05) is 17.0 Å². The molecule has 0 saturated heterocycles. The summed E-state index contributed by atoms with van der Waals surface area (Å²) in [7, 11) is -2.52. The zero-order chi connectivity index (χ0) is 28.2. The number of methoxy groups -OCH3 is 1. The molecule has 202 valence electrons. The van der Waals surface area contributed by atoms with Gasteiger partial charge in [-0.1, -0.05) is 41.4 Å². The average Bonchev–Trinajstić information content (AvgIpc) is 3.20. The lowest BCUT2D eigenvalue weighted by molar-refractivity contribution is -0.119. The number of carbonyl (C=O) groups is 1. The third-order valence-electron chi connectivity index (χ3n) is 6.21. The lowest BCUT2D eigenvalue weighted by atomic mass is 10.2. The number of aromatic nitrogens is 1. The van der Waals surface area contributed by atoms with Gasteiger partial charge in [-0.15, -0.1) is 0 Å². The van der Waals surface area contributed by atoms with E-state index in [1.165, 1.54) is 25.5 Å². The number of hydrogen-bond donors (Lipinski definition) is 1. The number of ether oxygens (including phenoxy) is 1. The molecule has 0 fully saturated rings. The van der Waals surface area contributed by atoms with Gasteiger partial charge < -0.3 is 9.30 Å². The smallest absolute Gasteiger partial charge is 0.264 e. The highest BCUT2D eigenvalue weighted by atomic mass is 35.5. The molecule has 3 aromatic carbocycles. The van der Waals surface area contributed by atoms with Crippen molar-refractivity contribution in [2.24, 2.45) is 5.10 Å². The first-order valence-corrected chi connectivity index (χ1v) is 13.9. The van der Waals surface area contributed by atoms with E-state index in [1.54, 1.807) is 36.4 Å². The predicted molar refractivity (Wildman–Crippen MR) is 155 cm³/mol. The molecule has 1 amide bonds. The molecule has 1 N–H and O–H groups in total. The van der Waals surface area contributed by atoms with E-state index < -0.39 is 22.5 Å². The molecule has 1 heterocycles. The molecule has 0 spiro atoms. The van der Waals surface area contributed by atoms with Gasteiger partial charge in [0.25, 0.3) is 15.9 Å². The molecule has 4 rings (SSSR count). The van der Waals surface area contributed by atoms with Gasteiger partial charge in [0.2, 0.25) is 0 Å². The molecular formula is C29H29ClN4O4S. The van der Waals surface area contributed by atoms with Gasteiger partial charge in [-0.05, 0) is 75.4 Å². The van der Waals surface area contributed by atoms with Gasteiger partial charge in [0.05, 0.1) is 34.6 Å².